The molecule has 62 valence electrons. The summed E-state index contributed by atoms with van der Waals surface area (Å²) in [6, 6.07) is -0.0764. The van der Waals surface area contributed by atoms with Crippen LogP contribution in [0.5, 0.6) is 0 Å². The standard InChI is InChI=1S/C7H19N3/c1-3-4-5-6(8)7(2,9)10/h6H,3-5,8-10H2,1-2H3. The highest BCUT2D eigenvalue weighted by Gasteiger charge is 2.20. The van der Waals surface area contributed by atoms with Crippen LogP contribution in [-0.2, 0) is 0 Å². The van der Waals surface area contributed by atoms with E-state index in [0.29, 0.717) is 0 Å². The van der Waals surface area contributed by atoms with E-state index >= 15 is 0 Å². The first-order chi connectivity index (χ1) is 4.48. The molecular formula is C7H19N3. The Morgan fingerprint density at radius 1 is 1.40 bits per heavy atom. The van der Waals surface area contributed by atoms with Gasteiger partial charge in [0.05, 0.1) is 5.66 Å². The van der Waals surface area contributed by atoms with Crippen molar-refractivity contribution in [2.24, 2.45) is 17.2 Å². The first-order valence-electron chi connectivity index (χ1n) is 3.81. The fraction of sp³-hybridized carbons (Fsp3) is 1.00. The topological polar surface area (TPSA) is 78.1 Å². The molecule has 0 bridgehead atoms. The summed E-state index contributed by atoms with van der Waals surface area (Å²) in [6.45, 7) is 3.88. The maximum atomic E-state index is 5.69. The van der Waals surface area contributed by atoms with Crippen LogP contribution in [0.3, 0.4) is 0 Å². The van der Waals surface area contributed by atoms with Crippen molar-refractivity contribution >= 4 is 0 Å². The second kappa shape index (κ2) is 3.91. The molecule has 0 fully saturated rings. The molecule has 1 unspecified atom stereocenters. The second-order valence-corrected chi connectivity index (χ2v) is 3.11. The Morgan fingerprint density at radius 3 is 2.20 bits per heavy atom. The predicted molar refractivity (Wildman–Crippen MR) is 44.3 cm³/mol. The van der Waals surface area contributed by atoms with Crippen LogP contribution < -0.4 is 17.2 Å². The summed E-state index contributed by atoms with van der Waals surface area (Å²) in [5.41, 5.74) is 16.1. The van der Waals surface area contributed by atoms with Crippen molar-refractivity contribution < 1.29 is 0 Å². The van der Waals surface area contributed by atoms with Crippen LogP contribution in [0.25, 0.3) is 0 Å². The highest BCUT2D eigenvalue weighted by atomic mass is 15.0. The quantitative estimate of drug-likeness (QED) is 0.492. The summed E-state index contributed by atoms with van der Waals surface area (Å²) < 4.78 is 0. The van der Waals surface area contributed by atoms with Crippen LogP contribution in [0.15, 0.2) is 0 Å². The third-order valence-electron chi connectivity index (χ3n) is 1.67. The monoisotopic (exact) mass is 145 g/mol. The Morgan fingerprint density at radius 2 is 1.90 bits per heavy atom. The van der Waals surface area contributed by atoms with Gasteiger partial charge in [-0.1, -0.05) is 19.8 Å². The minimum absolute atomic E-state index is 0.0764. The zero-order valence-corrected chi connectivity index (χ0v) is 6.93. The molecule has 0 aliphatic carbocycles. The number of unbranched alkanes of at least 4 members (excludes halogenated alkanes) is 1. The van der Waals surface area contributed by atoms with Crippen LogP contribution in [0.1, 0.15) is 33.1 Å². The smallest absolute Gasteiger partial charge is 0.0763 e. The van der Waals surface area contributed by atoms with Crippen LogP contribution in [0.4, 0.5) is 0 Å². The van der Waals surface area contributed by atoms with Crippen molar-refractivity contribution in [2.45, 2.75) is 44.8 Å². The molecule has 0 aliphatic rings. The molecule has 0 amide bonds. The Bertz CT molecular complexity index is 85.3. The van der Waals surface area contributed by atoms with Crippen molar-refractivity contribution in [1.29, 1.82) is 0 Å². The van der Waals surface area contributed by atoms with Gasteiger partial charge in [-0.25, -0.2) is 0 Å². The Balaban J connectivity index is 3.52. The fourth-order valence-electron chi connectivity index (χ4n) is 0.735. The molecule has 0 aromatic rings. The Labute approximate surface area is 62.9 Å². The third kappa shape index (κ3) is 3.82. The molecule has 0 heterocycles. The van der Waals surface area contributed by atoms with E-state index in [2.05, 4.69) is 6.92 Å². The lowest BCUT2D eigenvalue weighted by molar-refractivity contribution is 0.362. The van der Waals surface area contributed by atoms with Gasteiger partial charge in [-0.2, -0.15) is 0 Å². The summed E-state index contributed by atoms with van der Waals surface area (Å²) in [6.07, 6.45) is 3.16. The average molecular weight is 145 g/mol. The van der Waals surface area contributed by atoms with Gasteiger partial charge in [-0.3, -0.25) is 0 Å². The van der Waals surface area contributed by atoms with Gasteiger partial charge >= 0.3 is 0 Å². The minimum atomic E-state index is -0.713. The van der Waals surface area contributed by atoms with E-state index in [0.717, 1.165) is 19.3 Å². The van der Waals surface area contributed by atoms with Crippen LogP contribution in [0.2, 0.25) is 0 Å². The number of hydrogen-bond acceptors (Lipinski definition) is 3. The van der Waals surface area contributed by atoms with Gasteiger partial charge in [0.2, 0.25) is 0 Å². The first kappa shape index (κ1) is 9.88. The van der Waals surface area contributed by atoms with Gasteiger partial charge in [0.15, 0.2) is 0 Å². The van der Waals surface area contributed by atoms with E-state index in [1.807, 2.05) is 0 Å². The van der Waals surface area contributed by atoms with E-state index < -0.39 is 5.66 Å². The fourth-order valence-corrected chi connectivity index (χ4v) is 0.735. The number of rotatable bonds is 4. The zero-order chi connectivity index (χ0) is 8.20. The lowest BCUT2D eigenvalue weighted by Crippen LogP contribution is -2.59. The second-order valence-electron chi connectivity index (χ2n) is 3.11. The van der Waals surface area contributed by atoms with Gasteiger partial charge < -0.3 is 17.2 Å². The molecule has 1 atom stereocenters. The van der Waals surface area contributed by atoms with Crippen LogP contribution in [-0.4, -0.2) is 11.7 Å². The molecule has 6 N–H and O–H groups in total. The molecule has 0 saturated heterocycles. The summed E-state index contributed by atoms with van der Waals surface area (Å²) in [4.78, 5) is 0. The maximum Gasteiger partial charge on any atom is 0.0763 e. The molecule has 3 heteroatoms. The summed E-state index contributed by atoms with van der Waals surface area (Å²) in [7, 11) is 0. The van der Waals surface area contributed by atoms with Crippen molar-refractivity contribution in [3.63, 3.8) is 0 Å². The Kier molecular flexibility index (Phi) is 3.86. The normalized spacial score (nSPS) is 15.3. The van der Waals surface area contributed by atoms with Crippen molar-refractivity contribution in [2.75, 3.05) is 0 Å². The lowest BCUT2D eigenvalue weighted by Gasteiger charge is -2.26. The van der Waals surface area contributed by atoms with Gasteiger partial charge in [0.1, 0.15) is 0 Å². The van der Waals surface area contributed by atoms with Gasteiger partial charge in [0, 0.05) is 6.04 Å². The molecule has 0 radical (unpaired) electrons. The Hall–Kier alpha value is -0.120. The largest absolute Gasteiger partial charge is 0.325 e. The van der Waals surface area contributed by atoms with E-state index in [1.54, 1.807) is 6.92 Å². The van der Waals surface area contributed by atoms with Gasteiger partial charge in [0.25, 0.3) is 0 Å². The van der Waals surface area contributed by atoms with Crippen molar-refractivity contribution in [1.82, 2.24) is 0 Å². The molecule has 10 heavy (non-hydrogen) atoms. The molecular weight excluding hydrogens is 126 g/mol. The van der Waals surface area contributed by atoms with Crippen molar-refractivity contribution in [3.05, 3.63) is 0 Å². The van der Waals surface area contributed by atoms with Crippen LogP contribution >= 0.6 is 0 Å². The molecule has 0 aromatic heterocycles. The van der Waals surface area contributed by atoms with E-state index in [-0.39, 0.29) is 6.04 Å². The molecule has 0 rings (SSSR count). The highest BCUT2D eigenvalue weighted by Crippen LogP contribution is 2.04. The maximum absolute atomic E-state index is 5.69. The van der Waals surface area contributed by atoms with Gasteiger partial charge in [-0.05, 0) is 13.3 Å². The SMILES string of the molecule is CCCCC(N)C(C)(N)N. The number of nitrogens with two attached hydrogens (primary N) is 3. The van der Waals surface area contributed by atoms with E-state index in [4.69, 9.17) is 17.2 Å². The molecule has 0 spiro atoms. The average Bonchev–Trinajstić information content (AvgIpc) is 1.80. The van der Waals surface area contributed by atoms with Crippen LogP contribution in [0, 0.1) is 0 Å². The summed E-state index contributed by atoms with van der Waals surface area (Å²) in [5.74, 6) is 0. The molecule has 0 aliphatic heterocycles. The molecule has 0 saturated carbocycles. The number of hydrogen-bond donors (Lipinski definition) is 3. The third-order valence-corrected chi connectivity index (χ3v) is 1.67. The minimum Gasteiger partial charge on any atom is -0.325 e. The summed E-state index contributed by atoms with van der Waals surface area (Å²) >= 11 is 0. The van der Waals surface area contributed by atoms with Gasteiger partial charge in [-0.15, -0.1) is 0 Å². The first-order valence-corrected chi connectivity index (χ1v) is 3.81. The van der Waals surface area contributed by atoms with E-state index in [9.17, 15) is 0 Å². The predicted octanol–water partition coefficient (Wildman–Crippen LogP) is 0.138. The van der Waals surface area contributed by atoms with Crippen molar-refractivity contribution in [3.8, 4) is 0 Å². The molecule has 3 nitrogen and oxygen atoms in total. The van der Waals surface area contributed by atoms with E-state index in [1.165, 1.54) is 0 Å². The highest BCUT2D eigenvalue weighted by molar-refractivity contribution is 4.83. The lowest BCUT2D eigenvalue weighted by atomic mass is 10.00. The zero-order valence-electron chi connectivity index (χ0n) is 6.93. The molecule has 0 aromatic carbocycles. The summed E-state index contributed by atoms with van der Waals surface area (Å²) in [5, 5.41) is 0.